The minimum atomic E-state index is -0.146. The molecule has 0 spiro atoms. The number of nitrogens with zero attached hydrogens (tertiary/aromatic N) is 3. The molecule has 0 saturated carbocycles. The van der Waals surface area contributed by atoms with Gasteiger partial charge in [-0.1, -0.05) is 29.3 Å². The second kappa shape index (κ2) is 7.38. The second-order valence-electron chi connectivity index (χ2n) is 6.51. The molecule has 6 nitrogen and oxygen atoms in total. The second-order valence-corrected chi connectivity index (χ2v) is 7.35. The van der Waals surface area contributed by atoms with E-state index in [1.165, 1.54) is 9.47 Å². The molecule has 3 rings (SSSR count). The first-order chi connectivity index (χ1) is 12.7. The summed E-state index contributed by atoms with van der Waals surface area (Å²) in [6, 6.07) is 5.22. The standard InChI is InChI=1S/C19H20Cl2N4O2/c1-10-13(7-22)17(12-5-4-11(20)6-15(12)21)14-8-25(9-16(26)24(2)3)19(27)18(14)23-10/h4-6,8,27H,7,9,22H2,1-3H3. The van der Waals surface area contributed by atoms with E-state index in [0.717, 1.165) is 16.7 Å². The molecule has 0 aliphatic carbocycles. The maximum Gasteiger partial charge on any atom is 0.242 e. The van der Waals surface area contributed by atoms with Gasteiger partial charge in [0.1, 0.15) is 12.1 Å². The summed E-state index contributed by atoms with van der Waals surface area (Å²) in [6.07, 6.45) is 1.71. The van der Waals surface area contributed by atoms with Crippen molar-refractivity contribution in [2.75, 3.05) is 14.1 Å². The van der Waals surface area contributed by atoms with Crippen LogP contribution in [0.4, 0.5) is 0 Å². The van der Waals surface area contributed by atoms with Crippen LogP contribution in [0.3, 0.4) is 0 Å². The fourth-order valence-corrected chi connectivity index (χ4v) is 3.57. The molecule has 1 aromatic carbocycles. The van der Waals surface area contributed by atoms with Crippen molar-refractivity contribution in [3.05, 3.63) is 45.7 Å². The number of halogens is 2. The van der Waals surface area contributed by atoms with Gasteiger partial charge < -0.3 is 20.3 Å². The van der Waals surface area contributed by atoms with E-state index in [2.05, 4.69) is 4.98 Å². The fourth-order valence-electron chi connectivity index (χ4n) is 3.06. The van der Waals surface area contributed by atoms with Crippen LogP contribution in [0.2, 0.25) is 10.0 Å². The van der Waals surface area contributed by atoms with E-state index < -0.39 is 0 Å². The monoisotopic (exact) mass is 406 g/mol. The SMILES string of the molecule is Cc1nc2c(O)n(CC(=O)N(C)C)cc2c(-c2ccc(Cl)cc2Cl)c1CN. The van der Waals surface area contributed by atoms with E-state index in [9.17, 15) is 9.90 Å². The summed E-state index contributed by atoms with van der Waals surface area (Å²) in [5, 5.41) is 12.3. The molecule has 2 heterocycles. The number of benzene rings is 1. The van der Waals surface area contributed by atoms with Crippen molar-refractivity contribution in [3.8, 4) is 17.0 Å². The number of carbonyl (C=O) groups excluding carboxylic acids is 1. The molecular weight excluding hydrogens is 387 g/mol. The van der Waals surface area contributed by atoms with Crippen molar-refractivity contribution < 1.29 is 9.90 Å². The predicted molar refractivity (Wildman–Crippen MR) is 108 cm³/mol. The highest BCUT2D eigenvalue weighted by atomic mass is 35.5. The largest absolute Gasteiger partial charge is 0.493 e. The number of rotatable bonds is 4. The maximum atomic E-state index is 12.1. The lowest BCUT2D eigenvalue weighted by Crippen LogP contribution is -2.25. The van der Waals surface area contributed by atoms with Gasteiger partial charge in [0.15, 0.2) is 0 Å². The normalized spacial score (nSPS) is 11.2. The van der Waals surface area contributed by atoms with E-state index in [1.54, 1.807) is 32.4 Å². The molecular formula is C19H20Cl2N4O2. The number of hydrogen-bond acceptors (Lipinski definition) is 4. The lowest BCUT2D eigenvalue weighted by atomic mass is 9.96. The van der Waals surface area contributed by atoms with Gasteiger partial charge >= 0.3 is 0 Å². The van der Waals surface area contributed by atoms with Gasteiger partial charge in [0.2, 0.25) is 11.8 Å². The van der Waals surface area contributed by atoms with Crippen LogP contribution < -0.4 is 5.73 Å². The average molecular weight is 407 g/mol. The Morgan fingerprint density at radius 1 is 1.33 bits per heavy atom. The van der Waals surface area contributed by atoms with Crippen LogP contribution in [0.15, 0.2) is 24.4 Å². The zero-order valence-electron chi connectivity index (χ0n) is 15.3. The Labute approximate surface area is 167 Å². The van der Waals surface area contributed by atoms with E-state index in [0.29, 0.717) is 26.6 Å². The van der Waals surface area contributed by atoms with E-state index in [4.69, 9.17) is 28.9 Å². The zero-order valence-corrected chi connectivity index (χ0v) is 16.8. The Morgan fingerprint density at radius 3 is 2.63 bits per heavy atom. The number of aromatic hydroxyl groups is 1. The number of fused-ring (bicyclic) bond motifs is 1. The Balaban J connectivity index is 2.32. The van der Waals surface area contributed by atoms with Crippen LogP contribution >= 0.6 is 23.2 Å². The molecule has 0 saturated heterocycles. The van der Waals surface area contributed by atoms with Gasteiger partial charge in [0.05, 0.1) is 0 Å². The summed E-state index contributed by atoms with van der Waals surface area (Å²) in [6.45, 7) is 2.09. The van der Waals surface area contributed by atoms with Crippen LogP contribution in [0.5, 0.6) is 5.88 Å². The highest BCUT2D eigenvalue weighted by molar-refractivity contribution is 6.36. The molecule has 3 N–H and O–H groups in total. The number of aryl methyl sites for hydroxylation is 1. The molecule has 0 radical (unpaired) electrons. The average Bonchev–Trinajstić information content (AvgIpc) is 2.90. The molecule has 0 bridgehead atoms. The Morgan fingerprint density at radius 2 is 2.04 bits per heavy atom. The lowest BCUT2D eigenvalue weighted by molar-refractivity contribution is -0.129. The van der Waals surface area contributed by atoms with Gasteiger partial charge in [-0.2, -0.15) is 0 Å². The number of hydrogen-bond donors (Lipinski definition) is 2. The van der Waals surface area contributed by atoms with Crippen molar-refractivity contribution in [1.82, 2.24) is 14.5 Å². The highest BCUT2D eigenvalue weighted by Crippen LogP contribution is 2.40. The summed E-state index contributed by atoms with van der Waals surface area (Å²) in [5.74, 6) is -0.217. The van der Waals surface area contributed by atoms with E-state index in [1.807, 2.05) is 13.0 Å². The molecule has 1 amide bonds. The summed E-state index contributed by atoms with van der Waals surface area (Å²) in [5.41, 5.74) is 9.43. The van der Waals surface area contributed by atoms with Gasteiger partial charge in [-0.25, -0.2) is 4.98 Å². The number of likely N-dealkylation sites (N-methyl/N-ethyl adjacent to an activating group) is 1. The van der Waals surface area contributed by atoms with Gasteiger partial charge in [0, 0.05) is 59.1 Å². The number of nitrogens with two attached hydrogens (primary N) is 1. The molecule has 142 valence electrons. The van der Waals surface area contributed by atoms with E-state index >= 15 is 0 Å². The minimum absolute atomic E-state index is 0.0000107. The Kier molecular flexibility index (Phi) is 5.33. The summed E-state index contributed by atoms with van der Waals surface area (Å²) < 4.78 is 1.48. The quantitative estimate of drug-likeness (QED) is 0.693. The van der Waals surface area contributed by atoms with Crippen molar-refractivity contribution >= 4 is 40.0 Å². The first-order valence-electron chi connectivity index (χ1n) is 8.31. The third-order valence-corrected chi connectivity index (χ3v) is 5.07. The Hall–Kier alpha value is -2.28. The first kappa shape index (κ1) is 19.5. The number of pyridine rings is 1. The van der Waals surface area contributed by atoms with Gasteiger partial charge in [-0.15, -0.1) is 0 Å². The molecule has 0 atom stereocenters. The molecule has 0 unspecified atom stereocenters. The van der Waals surface area contributed by atoms with Crippen molar-refractivity contribution in [2.45, 2.75) is 20.0 Å². The molecule has 3 aromatic rings. The zero-order chi connectivity index (χ0) is 19.9. The lowest BCUT2D eigenvalue weighted by Gasteiger charge is -2.14. The number of carbonyl (C=O) groups is 1. The topological polar surface area (TPSA) is 84.4 Å². The predicted octanol–water partition coefficient (Wildman–Crippen LogP) is 3.57. The van der Waals surface area contributed by atoms with Crippen LogP contribution in [-0.2, 0) is 17.9 Å². The van der Waals surface area contributed by atoms with Gasteiger partial charge in [-0.3, -0.25) is 4.79 Å². The maximum absolute atomic E-state index is 12.1. The molecule has 0 fully saturated rings. The van der Waals surface area contributed by atoms with Crippen molar-refractivity contribution in [1.29, 1.82) is 0 Å². The molecule has 27 heavy (non-hydrogen) atoms. The molecule has 0 aliphatic heterocycles. The summed E-state index contributed by atoms with van der Waals surface area (Å²) >= 11 is 12.5. The number of amides is 1. The third-order valence-electron chi connectivity index (χ3n) is 4.52. The van der Waals surface area contributed by atoms with Crippen LogP contribution in [0.25, 0.3) is 22.0 Å². The molecule has 0 aliphatic rings. The van der Waals surface area contributed by atoms with Gasteiger partial charge in [-0.05, 0) is 24.6 Å². The highest BCUT2D eigenvalue weighted by Gasteiger charge is 2.22. The smallest absolute Gasteiger partial charge is 0.242 e. The fraction of sp³-hybridized carbons (Fsp3) is 0.263. The molecule has 2 aromatic heterocycles. The van der Waals surface area contributed by atoms with Crippen LogP contribution in [0.1, 0.15) is 11.3 Å². The molecule has 8 heteroatoms. The van der Waals surface area contributed by atoms with Gasteiger partial charge in [0.25, 0.3) is 0 Å². The van der Waals surface area contributed by atoms with Crippen LogP contribution in [0, 0.1) is 6.92 Å². The number of aromatic nitrogens is 2. The first-order valence-corrected chi connectivity index (χ1v) is 9.07. The minimum Gasteiger partial charge on any atom is -0.493 e. The third kappa shape index (κ3) is 3.48. The Bertz CT molecular complexity index is 1040. The summed E-state index contributed by atoms with van der Waals surface area (Å²) in [4.78, 5) is 18.1. The van der Waals surface area contributed by atoms with Crippen molar-refractivity contribution in [2.24, 2.45) is 5.73 Å². The van der Waals surface area contributed by atoms with E-state index in [-0.39, 0.29) is 24.9 Å². The van der Waals surface area contributed by atoms with Crippen LogP contribution in [-0.4, -0.2) is 39.6 Å². The van der Waals surface area contributed by atoms with Crippen molar-refractivity contribution in [3.63, 3.8) is 0 Å². The summed E-state index contributed by atoms with van der Waals surface area (Å²) in [7, 11) is 3.33.